The van der Waals surface area contributed by atoms with E-state index in [0.29, 0.717) is 23.7 Å². The zero-order valence-corrected chi connectivity index (χ0v) is 18.7. The van der Waals surface area contributed by atoms with Crippen LogP contribution in [0.4, 0.5) is 0 Å². The van der Waals surface area contributed by atoms with Crippen LogP contribution in [0.3, 0.4) is 0 Å². The molecule has 1 amide bonds. The predicted octanol–water partition coefficient (Wildman–Crippen LogP) is 3.76. The molecule has 2 fully saturated rings. The van der Waals surface area contributed by atoms with Crippen LogP contribution in [-0.2, 0) is 20.2 Å². The molecule has 2 aromatic rings. The Morgan fingerprint density at radius 2 is 1.96 bits per heavy atom. The minimum Gasteiger partial charge on any atom is -0.355 e. The number of sulfonamides is 1. The fraction of sp³-hybridized carbons (Fsp3) is 0.450. The van der Waals surface area contributed by atoms with E-state index < -0.39 is 10.0 Å². The number of nitrogens with one attached hydrogen (secondary N) is 1. The minimum atomic E-state index is -3.54. The van der Waals surface area contributed by atoms with E-state index in [0.717, 1.165) is 23.0 Å². The number of carbonyl (C=O) groups is 1. The largest absolute Gasteiger partial charge is 0.355 e. The first kappa shape index (κ1) is 20.1. The average molecular weight is 483 g/mol. The molecule has 1 aliphatic carbocycles. The number of amides is 1. The predicted molar refractivity (Wildman–Crippen MR) is 114 cm³/mol. The number of piperidine rings is 1. The molecule has 1 N–H and O–H groups in total. The average Bonchev–Trinajstić information content (AvgIpc) is 3.39. The Kier molecular flexibility index (Phi) is 5.66. The number of hydrogen-bond donors (Lipinski definition) is 1. The molecule has 8 heteroatoms. The number of rotatable bonds is 6. The van der Waals surface area contributed by atoms with E-state index in [-0.39, 0.29) is 23.8 Å². The summed E-state index contributed by atoms with van der Waals surface area (Å²) < 4.78 is 28.3. The molecule has 2 heterocycles. The summed E-state index contributed by atoms with van der Waals surface area (Å²) in [5, 5.41) is 3.10. The van der Waals surface area contributed by atoms with Gasteiger partial charge in [-0.1, -0.05) is 30.3 Å². The van der Waals surface area contributed by atoms with Crippen LogP contribution in [0, 0.1) is 5.92 Å². The smallest absolute Gasteiger partial charge is 0.252 e. The van der Waals surface area contributed by atoms with Crippen molar-refractivity contribution in [1.82, 2.24) is 9.62 Å². The maximum absolute atomic E-state index is 12.9. The van der Waals surface area contributed by atoms with Crippen LogP contribution >= 0.6 is 27.3 Å². The summed E-state index contributed by atoms with van der Waals surface area (Å²) in [4.78, 5) is 12.8. The molecule has 0 radical (unpaired) electrons. The summed E-state index contributed by atoms with van der Waals surface area (Å²) in [6.07, 6.45) is 3.59. The first-order valence-corrected chi connectivity index (χ1v) is 12.5. The highest BCUT2D eigenvalue weighted by Crippen LogP contribution is 2.47. The third-order valence-corrected chi connectivity index (χ3v) is 9.69. The molecular weight excluding hydrogens is 460 g/mol. The summed E-state index contributed by atoms with van der Waals surface area (Å²) in [7, 11) is -3.54. The Hall–Kier alpha value is -1.22. The van der Waals surface area contributed by atoms with Gasteiger partial charge in [0, 0.05) is 25.0 Å². The van der Waals surface area contributed by atoms with Gasteiger partial charge in [-0.2, -0.15) is 4.31 Å². The second-order valence-electron chi connectivity index (χ2n) is 7.62. The molecule has 5 nitrogen and oxygen atoms in total. The topological polar surface area (TPSA) is 66.5 Å². The second-order valence-corrected chi connectivity index (χ2v) is 12.3. The third-order valence-electron chi connectivity index (χ3n) is 5.74. The Labute approximate surface area is 178 Å². The van der Waals surface area contributed by atoms with Gasteiger partial charge in [0.25, 0.3) is 10.0 Å². The van der Waals surface area contributed by atoms with Crippen molar-refractivity contribution in [2.24, 2.45) is 5.92 Å². The van der Waals surface area contributed by atoms with E-state index in [4.69, 9.17) is 0 Å². The number of carbonyl (C=O) groups excluding carboxylic acids is 1. The summed E-state index contributed by atoms with van der Waals surface area (Å²) in [5.74, 6) is -0.326. The fourth-order valence-corrected chi connectivity index (χ4v) is 7.54. The lowest BCUT2D eigenvalue weighted by Gasteiger charge is -2.31. The van der Waals surface area contributed by atoms with Gasteiger partial charge in [-0.3, -0.25) is 4.79 Å². The molecular formula is C20H23BrN2O3S2. The Bertz CT molecular complexity index is 955. The molecule has 0 bridgehead atoms. The molecule has 1 unspecified atom stereocenters. The van der Waals surface area contributed by atoms with Gasteiger partial charge in [0.1, 0.15) is 4.21 Å². The van der Waals surface area contributed by atoms with Crippen molar-refractivity contribution >= 4 is 43.2 Å². The minimum absolute atomic E-state index is 0.0329. The van der Waals surface area contributed by atoms with Crippen molar-refractivity contribution < 1.29 is 13.2 Å². The van der Waals surface area contributed by atoms with Gasteiger partial charge in [-0.25, -0.2) is 8.42 Å². The van der Waals surface area contributed by atoms with Gasteiger partial charge in [-0.05, 0) is 59.3 Å². The number of halogens is 1. The van der Waals surface area contributed by atoms with Gasteiger partial charge < -0.3 is 5.32 Å². The van der Waals surface area contributed by atoms with Crippen molar-refractivity contribution in [3.8, 4) is 0 Å². The lowest BCUT2D eigenvalue weighted by atomic mass is 9.94. The first-order valence-electron chi connectivity index (χ1n) is 9.49. The molecule has 150 valence electrons. The van der Waals surface area contributed by atoms with E-state index >= 15 is 0 Å². The van der Waals surface area contributed by atoms with Crippen LogP contribution in [0.5, 0.6) is 0 Å². The van der Waals surface area contributed by atoms with Crippen LogP contribution in [0.1, 0.15) is 31.2 Å². The van der Waals surface area contributed by atoms with Gasteiger partial charge in [0.15, 0.2) is 0 Å². The monoisotopic (exact) mass is 482 g/mol. The van der Waals surface area contributed by atoms with Gasteiger partial charge in [0.05, 0.1) is 9.70 Å². The van der Waals surface area contributed by atoms with Crippen LogP contribution < -0.4 is 5.32 Å². The lowest BCUT2D eigenvalue weighted by Crippen LogP contribution is -2.46. The van der Waals surface area contributed by atoms with E-state index in [2.05, 4.69) is 33.4 Å². The maximum Gasteiger partial charge on any atom is 0.252 e. The highest BCUT2D eigenvalue weighted by molar-refractivity contribution is 9.11. The molecule has 1 aromatic carbocycles. The Balaban J connectivity index is 1.39. The van der Waals surface area contributed by atoms with Crippen LogP contribution in [0.15, 0.2) is 50.5 Å². The highest BCUT2D eigenvalue weighted by atomic mass is 79.9. The van der Waals surface area contributed by atoms with Gasteiger partial charge in [0.2, 0.25) is 5.91 Å². The van der Waals surface area contributed by atoms with Gasteiger partial charge in [-0.15, -0.1) is 11.3 Å². The molecule has 1 atom stereocenters. The number of hydrogen-bond acceptors (Lipinski definition) is 4. The van der Waals surface area contributed by atoms with Crippen molar-refractivity contribution in [2.45, 2.75) is 35.3 Å². The highest BCUT2D eigenvalue weighted by Gasteiger charge is 2.44. The standard InChI is InChI=1S/C20H23BrN2O3S2/c21-17-8-9-18(27-17)28(25,26)23-12-4-5-15(13-23)19(24)22-14-20(10-11-20)16-6-2-1-3-7-16/h1-3,6-9,15H,4-5,10-14H2,(H,22,24). The van der Waals surface area contributed by atoms with E-state index in [9.17, 15) is 13.2 Å². The molecule has 1 aliphatic heterocycles. The van der Waals surface area contributed by atoms with Gasteiger partial charge >= 0.3 is 0 Å². The van der Waals surface area contributed by atoms with Crippen molar-refractivity contribution in [3.05, 3.63) is 51.8 Å². The third kappa shape index (κ3) is 4.06. The van der Waals surface area contributed by atoms with E-state index in [1.807, 2.05) is 18.2 Å². The molecule has 2 aliphatic rings. The van der Waals surface area contributed by atoms with Crippen molar-refractivity contribution in [1.29, 1.82) is 0 Å². The van der Waals surface area contributed by atoms with Crippen molar-refractivity contribution in [2.75, 3.05) is 19.6 Å². The Morgan fingerprint density at radius 3 is 2.61 bits per heavy atom. The lowest BCUT2D eigenvalue weighted by molar-refractivity contribution is -0.126. The molecule has 1 saturated heterocycles. The quantitative estimate of drug-likeness (QED) is 0.681. The second kappa shape index (κ2) is 7.89. The zero-order chi connectivity index (χ0) is 19.8. The molecule has 1 aromatic heterocycles. The summed E-state index contributed by atoms with van der Waals surface area (Å²) in [6.45, 7) is 1.34. The SMILES string of the molecule is O=C(NCC1(c2ccccc2)CC1)C1CCCN(S(=O)(=O)c2ccc(Br)s2)C1. The van der Waals surface area contributed by atoms with E-state index in [1.54, 1.807) is 12.1 Å². The van der Waals surface area contributed by atoms with Crippen LogP contribution in [0.2, 0.25) is 0 Å². The number of nitrogens with zero attached hydrogens (tertiary/aromatic N) is 1. The number of benzene rings is 1. The summed E-state index contributed by atoms with van der Waals surface area (Å²) in [5.41, 5.74) is 1.33. The fourth-order valence-electron chi connectivity index (χ4n) is 3.85. The molecule has 1 saturated carbocycles. The van der Waals surface area contributed by atoms with E-state index in [1.165, 1.54) is 21.2 Å². The number of thiophene rings is 1. The normalized spacial score (nSPS) is 22.0. The van der Waals surface area contributed by atoms with Crippen LogP contribution in [-0.4, -0.2) is 38.3 Å². The van der Waals surface area contributed by atoms with Crippen molar-refractivity contribution in [3.63, 3.8) is 0 Å². The Morgan fingerprint density at radius 1 is 1.21 bits per heavy atom. The first-order chi connectivity index (χ1) is 13.4. The molecule has 0 spiro atoms. The summed E-state index contributed by atoms with van der Waals surface area (Å²) in [6, 6.07) is 13.7. The molecule has 4 rings (SSSR count). The molecule has 28 heavy (non-hydrogen) atoms. The zero-order valence-electron chi connectivity index (χ0n) is 15.4. The summed E-state index contributed by atoms with van der Waals surface area (Å²) >= 11 is 4.52. The van der Waals surface area contributed by atoms with Crippen LogP contribution in [0.25, 0.3) is 0 Å². The maximum atomic E-state index is 12.9.